The summed E-state index contributed by atoms with van der Waals surface area (Å²) < 4.78 is 48.6. The standard InChI is InChI=1S/C26H32F3N3O4/c27-23-18-14-32(19-6-8-22(33)31-24(19)34)25(35)17(18)5-7-21(23)36-20-4-2-1-3-15(20)13-30-16-9-11-26(28,29)12-10-16/h5,7,15-16,19-20,30H,1-4,6,8-14H2,(H,31,33,34)/t15-,19?,20+/m1/s1. The Labute approximate surface area is 208 Å². The molecule has 0 spiro atoms. The fourth-order valence-electron chi connectivity index (χ4n) is 5.96. The highest BCUT2D eigenvalue weighted by Crippen LogP contribution is 2.37. The van der Waals surface area contributed by atoms with Gasteiger partial charge in [-0.1, -0.05) is 6.42 Å². The number of benzene rings is 1. The van der Waals surface area contributed by atoms with E-state index in [1.807, 2.05) is 0 Å². The van der Waals surface area contributed by atoms with Crippen molar-refractivity contribution in [1.82, 2.24) is 15.5 Å². The highest BCUT2D eigenvalue weighted by molar-refractivity contribution is 6.05. The van der Waals surface area contributed by atoms with Gasteiger partial charge in [0, 0.05) is 48.9 Å². The number of fused-ring (bicyclic) bond motifs is 1. The van der Waals surface area contributed by atoms with Crippen LogP contribution in [0.1, 0.15) is 80.1 Å². The molecule has 2 saturated carbocycles. The Hall–Kier alpha value is -2.62. The zero-order valence-electron chi connectivity index (χ0n) is 20.2. The Kier molecular flexibility index (Phi) is 6.98. The SMILES string of the molecule is O=C1CCC(N2Cc3c(ccc(O[C@H]4CCCC[C@@H]4CNC4CCC(F)(F)CC4)c3F)C2=O)C(=O)N1. The number of hydrogen-bond acceptors (Lipinski definition) is 5. The van der Waals surface area contributed by atoms with Crippen LogP contribution in [0.4, 0.5) is 13.2 Å². The van der Waals surface area contributed by atoms with Crippen LogP contribution < -0.4 is 15.4 Å². The van der Waals surface area contributed by atoms with Crippen molar-refractivity contribution in [2.75, 3.05) is 6.54 Å². The second-order valence-corrected chi connectivity index (χ2v) is 10.5. The van der Waals surface area contributed by atoms with E-state index >= 15 is 4.39 Å². The molecule has 2 N–H and O–H groups in total. The van der Waals surface area contributed by atoms with Crippen molar-refractivity contribution in [3.05, 3.63) is 29.1 Å². The summed E-state index contributed by atoms with van der Waals surface area (Å²) in [6.07, 6.45) is 4.52. The predicted molar refractivity (Wildman–Crippen MR) is 124 cm³/mol. The van der Waals surface area contributed by atoms with E-state index in [2.05, 4.69) is 10.6 Å². The maximum Gasteiger partial charge on any atom is 0.255 e. The largest absolute Gasteiger partial charge is 0.487 e. The maximum atomic E-state index is 15.5. The fourth-order valence-corrected chi connectivity index (χ4v) is 5.96. The first kappa shape index (κ1) is 25.0. The molecule has 1 aromatic rings. The molecular formula is C26H32F3N3O4. The molecule has 1 unspecified atom stereocenters. The van der Waals surface area contributed by atoms with Gasteiger partial charge in [0.1, 0.15) is 12.1 Å². The van der Waals surface area contributed by atoms with Gasteiger partial charge in [-0.3, -0.25) is 19.7 Å². The number of amides is 3. The summed E-state index contributed by atoms with van der Waals surface area (Å²) in [5.41, 5.74) is 0.413. The second kappa shape index (κ2) is 10.0. The normalized spacial score (nSPS) is 28.7. The number of alkyl halides is 2. The van der Waals surface area contributed by atoms with E-state index in [9.17, 15) is 23.2 Å². The summed E-state index contributed by atoms with van der Waals surface area (Å²) in [5, 5.41) is 5.68. The average molecular weight is 508 g/mol. The minimum Gasteiger partial charge on any atom is -0.487 e. The smallest absolute Gasteiger partial charge is 0.255 e. The lowest BCUT2D eigenvalue weighted by Crippen LogP contribution is -2.52. The molecule has 0 bridgehead atoms. The van der Waals surface area contributed by atoms with Gasteiger partial charge >= 0.3 is 0 Å². The van der Waals surface area contributed by atoms with E-state index in [1.165, 1.54) is 11.0 Å². The maximum absolute atomic E-state index is 15.5. The van der Waals surface area contributed by atoms with E-state index in [-0.39, 0.29) is 73.1 Å². The highest BCUT2D eigenvalue weighted by Gasteiger charge is 2.41. The van der Waals surface area contributed by atoms with Crippen LogP contribution in [0.25, 0.3) is 0 Å². The second-order valence-electron chi connectivity index (χ2n) is 10.5. The molecule has 0 radical (unpaired) electrons. The summed E-state index contributed by atoms with van der Waals surface area (Å²) in [6, 6.07) is 2.27. The van der Waals surface area contributed by atoms with Gasteiger partial charge in [0.25, 0.3) is 5.91 Å². The van der Waals surface area contributed by atoms with Gasteiger partial charge in [0.2, 0.25) is 17.7 Å². The van der Waals surface area contributed by atoms with E-state index in [4.69, 9.17) is 4.74 Å². The molecule has 5 rings (SSSR count). The Morgan fingerprint density at radius 2 is 1.81 bits per heavy atom. The third kappa shape index (κ3) is 5.10. The quantitative estimate of drug-likeness (QED) is 0.574. The van der Waals surface area contributed by atoms with Crippen LogP contribution >= 0.6 is 0 Å². The van der Waals surface area contributed by atoms with Gasteiger partial charge in [-0.15, -0.1) is 0 Å². The number of nitrogens with zero attached hydrogens (tertiary/aromatic N) is 1. The molecule has 1 saturated heterocycles. The first-order valence-electron chi connectivity index (χ1n) is 13.0. The summed E-state index contributed by atoms with van der Waals surface area (Å²) in [6.45, 7) is 0.584. The lowest BCUT2D eigenvalue weighted by molar-refractivity contribution is -0.136. The average Bonchev–Trinajstić information content (AvgIpc) is 3.18. The summed E-state index contributed by atoms with van der Waals surface area (Å²) >= 11 is 0. The Morgan fingerprint density at radius 1 is 1.06 bits per heavy atom. The van der Waals surface area contributed by atoms with Gasteiger partial charge in [-0.25, -0.2) is 13.2 Å². The Morgan fingerprint density at radius 3 is 2.56 bits per heavy atom. The molecule has 3 fully saturated rings. The molecule has 2 heterocycles. The zero-order chi connectivity index (χ0) is 25.4. The molecule has 7 nitrogen and oxygen atoms in total. The monoisotopic (exact) mass is 507 g/mol. The van der Waals surface area contributed by atoms with E-state index < -0.39 is 29.6 Å². The molecule has 2 aliphatic heterocycles. The van der Waals surface area contributed by atoms with Crippen molar-refractivity contribution in [1.29, 1.82) is 0 Å². The third-order valence-corrected chi connectivity index (χ3v) is 8.12. The van der Waals surface area contributed by atoms with Gasteiger partial charge in [0.15, 0.2) is 11.6 Å². The molecule has 36 heavy (non-hydrogen) atoms. The van der Waals surface area contributed by atoms with Gasteiger partial charge < -0.3 is 15.0 Å². The number of piperidine rings is 1. The van der Waals surface area contributed by atoms with Crippen LogP contribution in [0.15, 0.2) is 12.1 Å². The number of halogens is 3. The van der Waals surface area contributed by atoms with E-state index in [0.29, 0.717) is 19.4 Å². The minimum atomic E-state index is -2.56. The highest BCUT2D eigenvalue weighted by atomic mass is 19.3. The zero-order valence-corrected chi connectivity index (χ0v) is 20.2. The third-order valence-electron chi connectivity index (χ3n) is 8.12. The molecule has 2 aliphatic carbocycles. The minimum absolute atomic E-state index is 0.0502. The number of carbonyl (C=O) groups excluding carboxylic acids is 3. The van der Waals surface area contributed by atoms with Crippen molar-refractivity contribution in [3.63, 3.8) is 0 Å². The van der Waals surface area contributed by atoms with Crippen LogP contribution in [0, 0.1) is 11.7 Å². The van der Waals surface area contributed by atoms with Crippen LogP contribution in [-0.2, 0) is 16.1 Å². The molecule has 1 aromatic carbocycles. The van der Waals surface area contributed by atoms with Crippen molar-refractivity contribution in [2.45, 2.75) is 94.9 Å². The van der Waals surface area contributed by atoms with Crippen LogP contribution in [-0.4, -0.2) is 53.3 Å². The lowest BCUT2D eigenvalue weighted by atomic mass is 9.85. The molecule has 3 atom stereocenters. The first-order chi connectivity index (χ1) is 17.2. The Balaban J connectivity index is 1.24. The summed E-state index contributed by atoms with van der Waals surface area (Å²) in [5.74, 6) is -4.28. The number of imide groups is 1. The first-order valence-corrected chi connectivity index (χ1v) is 13.0. The molecule has 4 aliphatic rings. The number of nitrogens with one attached hydrogen (secondary N) is 2. The number of ether oxygens (including phenoxy) is 1. The lowest BCUT2D eigenvalue weighted by Gasteiger charge is -2.35. The van der Waals surface area contributed by atoms with Crippen LogP contribution in [0.2, 0.25) is 0 Å². The summed E-state index contributed by atoms with van der Waals surface area (Å²) in [4.78, 5) is 37.9. The molecular weight excluding hydrogens is 475 g/mol. The van der Waals surface area contributed by atoms with Crippen molar-refractivity contribution < 1.29 is 32.3 Å². The number of carbonyl (C=O) groups is 3. The van der Waals surface area contributed by atoms with E-state index in [1.54, 1.807) is 6.07 Å². The number of rotatable bonds is 6. The summed E-state index contributed by atoms with van der Waals surface area (Å²) in [7, 11) is 0. The predicted octanol–water partition coefficient (Wildman–Crippen LogP) is 3.69. The van der Waals surface area contributed by atoms with Gasteiger partial charge in [-0.2, -0.15) is 0 Å². The van der Waals surface area contributed by atoms with Gasteiger partial charge in [0.05, 0.1) is 6.54 Å². The fraction of sp³-hybridized carbons (Fsp3) is 0.654. The topological polar surface area (TPSA) is 87.7 Å². The number of hydrogen-bond donors (Lipinski definition) is 2. The molecule has 10 heteroatoms. The van der Waals surface area contributed by atoms with Crippen molar-refractivity contribution >= 4 is 17.7 Å². The van der Waals surface area contributed by atoms with E-state index in [0.717, 1.165) is 25.7 Å². The Bertz CT molecular complexity index is 1040. The van der Waals surface area contributed by atoms with Crippen LogP contribution in [0.3, 0.4) is 0 Å². The van der Waals surface area contributed by atoms with Crippen molar-refractivity contribution in [3.8, 4) is 5.75 Å². The molecule has 196 valence electrons. The molecule has 3 amide bonds. The van der Waals surface area contributed by atoms with Crippen LogP contribution in [0.5, 0.6) is 5.75 Å². The molecule has 0 aromatic heterocycles. The van der Waals surface area contributed by atoms with Gasteiger partial charge in [-0.05, 0) is 50.7 Å². The van der Waals surface area contributed by atoms with Crippen molar-refractivity contribution in [2.24, 2.45) is 5.92 Å².